The van der Waals surface area contributed by atoms with Crippen LogP contribution in [0.5, 0.6) is 0 Å². The molecule has 1 aromatic carbocycles. The number of imidazole rings is 1. The van der Waals surface area contributed by atoms with Gasteiger partial charge in [0, 0.05) is 13.2 Å². The summed E-state index contributed by atoms with van der Waals surface area (Å²) < 4.78 is 1.95. The van der Waals surface area contributed by atoms with Gasteiger partial charge in [0.25, 0.3) is 0 Å². The topological polar surface area (TPSA) is 56.7 Å². The first kappa shape index (κ1) is 13.5. The van der Waals surface area contributed by atoms with Gasteiger partial charge in [-0.25, -0.2) is 9.97 Å². The number of thiocarbonyl (C=S) groups is 1. The highest BCUT2D eigenvalue weighted by molar-refractivity contribution is 7.81. The van der Waals surface area contributed by atoms with Crippen LogP contribution in [0.25, 0.3) is 22.8 Å². The Kier molecular flexibility index (Phi) is 3.50. The molecule has 0 fully saturated rings. The minimum absolute atomic E-state index is 0.317. The summed E-state index contributed by atoms with van der Waals surface area (Å²) in [7, 11) is 1.93. The van der Waals surface area contributed by atoms with Crippen LogP contribution in [0.2, 0.25) is 0 Å². The minimum Gasteiger partial charge on any atom is -0.389 e. The van der Waals surface area contributed by atoms with E-state index in [-0.39, 0.29) is 0 Å². The first-order valence-electron chi connectivity index (χ1n) is 6.51. The maximum Gasteiger partial charge on any atom is 0.178 e. The molecule has 2 N–H and O–H groups in total. The van der Waals surface area contributed by atoms with Gasteiger partial charge in [-0.05, 0) is 23.8 Å². The maximum absolute atomic E-state index is 5.90. The van der Waals surface area contributed by atoms with Crippen LogP contribution >= 0.6 is 12.2 Å². The number of fused-ring (bicyclic) bond motifs is 1. The highest BCUT2D eigenvalue weighted by atomic mass is 32.1. The van der Waals surface area contributed by atoms with Gasteiger partial charge in [0.05, 0.1) is 11.1 Å². The molecule has 104 valence electrons. The van der Waals surface area contributed by atoms with Crippen LogP contribution in [0, 0.1) is 0 Å². The van der Waals surface area contributed by atoms with Crippen molar-refractivity contribution in [2.24, 2.45) is 12.8 Å². The number of aryl methyl sites for hydroxylation is 1. The van der Waals surface area contributed by atoms with Crippen molar-refractivity contribution in [3.63, 3.8) is 0 Å². The standard InChI is InChI=1S/C16H14N4S/c1-20-13-8-5-9-18-15(13)19-16(20)12(14(17)21)10-11-6-3-2-4-7-11/h2-10H,1H3,(H2,17,21)/b12-10-. The molecular weight excluding hydrogens is 280 g/mol. The molecule has 2 heterocycles. The molecular formula is C16H14N4S. The average Bonchev–Trinajstić information content (AvgIpc) is 2.83. The van der Waals surface area contributed by atoms with Gasteiger partial charge in [0.15, 0.2) is 5.65 Å². The predicted octanol–water partition coefficient (Wildman–Crippen LogP) is 2.80. The molecule has 0 aliphatic rings. The van der Waals surface area contributed by atoms with E-state index in [9.17, 15) is 0 Å². The Labute approximate surface area is 127 Å². The highest BCUT2D eigenvalue weighted by Gasteiger charge is 2.14. The summed E-state index contributed by atoms with van der Waals surface area (Å²) in [5.74, 6) is 0.722. The van der Waals surface area contributed by atoms with Crippen LogP contribution in [0.3, 0.4) is 0 Å². The van der Waals surface area contributed by atoms with Crippen molar-refractivity contribution in [1.82, 2.24) is 14.5 Å². The molecule has 5 heteroatoms. The predicted molar refractivity (Wildman–Crippen MR) is 89.6 cm³/mol. The van der Waals surface area contributed by atoms with E-state index >= 15 is 0 Å². The smallest absolute Gasteiger partial charge is 0.178 e. The lowest BCUT2D eigenvalue weighted by atomic mass is 10.1. The number of rotatable bonds is 3. The molecule has 0 saturated heterocycles. The van der Waals surface area contributed by atoms with E-state index < -0.39 is 0 Å². The first-order valence-corrected chi connectivity index (χ1v) is 6.92. The Morgan fingerprint density at radius 1 is 1.19 bits per heavy atom. The van der Waals surface area contributed by atoms with Gasteiger partial charge in [0.2, 0.25) is 0 Å². The Morgan fingerprint density at radius 2 is 1.95 bits per heavy atom. The molecule has 0 radical (unpaired) electrons. The number of aromatic nitrogens is 3. The zero-order valence-electron chi connectivity index (χ0n) is 11.5. The van der Waals surface area contributed by atoms with Crippen LogP contribution < -0.4 is 5.73 Å². The second-order valence-corrected chi connectivity index (χ2v) is 5.11. The molecule has 0 spiro atoms. The fourth-order valence-corrected chi connectivity index (χ4v) is 2.38. The fourth-order valence-electron chi connectivity index (χ4n) is 2.23. The van der Waals surface area contributed by atoms with E-state index in [2.05, 4.69) is 9.97 Å². The van der Waals surface area contributed by atoms with Gasteiger partial charge in [-0.15, -0.1) is 0 Å². The van der Waals surface area contributed by atoms with E-state index in [0.717, 1.165) is 22.5 Å². The second kappa shape index (κ2) is 5.46. The molecule has 4 nitrogen and oxygen atoms in total. The monoisotopic (exact) mass is 294 g/mol. The number of hydrogen-bond acceptors (Lipinski definition) is 3. The van der Waals surface area contributed by atoms with Crippen molar-refractivity contribution in [1.29, 1.82) is 0 Å². The normalized spacial score (nSPS) is 11.8. The van der Waals surface area contributed by atoms with Crippen molar-refractivity contribution in [3.8, 4) is 0 Å². The molecule has 21 heavy (non-hydrogen) atoms. The zero-order valence-corrected chi connectivity index (χ0v) is 12.3. The molecule has 0 aliphatic heterocycles. The van der Waals surface area contributed by atoms with Crippen molar-refractivity contribution in [2.45, 2.75) is 0 Å². The van der Waals surface area contributed by atoms with Gasteiger partial charge < -0.3 is 10.3 Å². The minimum atomic E-state index is 0.317. The van der Waals surface area contributed by atoms with Crippen molar-refractivity contribution in [3.05, 3.63) is 60.0 Å². The summed E-state index contributed by atoms with van der Waals surface area (Å²) in [4.78, 5) is 9.13. The molecule has 0 atom stereocenters. The molecule has 0 saturated carbocycles. The Balaban J connectivity index is 2.19. The lowest BCUT2D eigenvalue weighted by Gasteiger charge is -2.06. The van der Waals surface area contributed by atoms with E-state index in [0.29, 0.717) is 10.6 Å². The maximum atomic E-state index is 5.90. The summed E-state index contributed by atoms with van der Waals surface area (Å²) in [6, 6.07) is 13.8. The Morgan fingerprint density at radius 3 is 2.62 bits per heavy atom. The quantitative estimate of drug-likeness (QED) is 0.596. The SMILES string of the molecule is Cn1c(/C(=C\c2ccccc2)C(N)=S)nc2ncccc21. The Hall–Kier alpha value is -2.53. The number of nitrogens with zero attached hydrogens (tertiary/aromatic N) is 3. The van der Waals surface area contributed by atoms with Gasteiger partial charge in [-0.2, -0.15) is 0 Å². The second-order valence-electron chi connectivity index (χ2n) is 4.67. The molecule has 0 unspecified atom stereocenters. The third-order valence-electron chi connectivity index (χ3n) is 3.27. The van der Waals surface area contributed by atoms with Crippen molar-refractivity contribution in [2.75, 3.05) is 0 Å². The number of hydrogen-bond donors (Lipinski definition) is 1. The van der Waals surface area contributed by atoms with E-state index in [4.69, 9.17) is 18.0 Å². The molecule has 3 rings (SSSR count). The summed E-state index contributed by atoms with van der Waals surface area (Å²) in [5.41, 5.74) is 9.29. The largest absolute Gasteiger partial charge is 0.389 e. The molecule has 3 aromatic rings. The zero-order chi connectivity index (χ0) is 14.8. The van der Waals surface area contributed by atoms with Crippen LogP contribution in [0.15, 0.2) is 48.7 Å². The first-order chi connectivity index (χ1) is 10.2. The third-order valence-corrected chi connectivity index (χ3v) is 3.49. The number of nitrogens with two attached hydrogens (primary N) is 1. The van der Waals surface area contributed by atoms with Crippen LogP contribution in [-0.2, 0) is 7.05 Å². The summed E-state index contributed by atoms with van der Waals surface area (Å²) >= 11 is 5.20. The molecule has 0 amide bonds. The van der Waals surface area contributed by atoms with E-state index in [1.54, 1.807) is 6.20 Å². The van der Waals surface area contributed by atoms with Gasteiger partial charge >= 0.3 is 0 Å². The average molecular weight is 294 g/mol. The lowest BCUT2D eigenvalue weighted by Crippen LogP contribution is -2.13. The van der Waals surface area contributed by atoms with Gasteiger partial charge in [-0.1, -0.05) is 42.5 Å². The van der Waals surface area contributed by atoms with Crippen LogP contribution in [0.4, 0.5) is 0 Å². The third kappa shape index (κ3) is 2.55. The van der Waals surface area contributed by atoms with Gasteiger partial charge in [0.1, 0.15) is 10.8 Å². The van der Waals surface area contributed by atoms with Crippen LogP contribution in [0.1, 0.15) is 11.4 Å². The summed E-state index contributed by atoms with van der Waals surface area (Å²) in [6.45, 7) is 0. The van der Waals surface area contributed by atoms with Crippen molar-refractivity contribution < 1.29 is 0 Å². The number of benzene rings is 1. The van der Waals surface area contributed by atoms with Crippen LogP contribution in [-0.4, -0.2) is 19.5 Å². The number of pyridine rings is 1. The highest BCUT2D eigenvalue weighted by Crippen LogP contribution is 2.21. The fraction of sp³-hybridized carbons (Fsp3) is 0.0625. The van der Waals surface area contributed by atoms with E-state index in [1.807, 2.05) is 60.2 Å². The Bertz CT molecular complexity index is 834. The summed E-state index contributed by atoms with van der Waals surface area (Å²) in [6.07, 6.45) is 3.67. The molecule has 0 aliphatic carbocycles. The van der Waals surface area contributed by atoms with Gasteiger partial charge in [-0.3, -0.25) is 0 Å². The van der Waals surface area contributed by atoms with E-state index in [1.165, 1.54) is 0 Å². The molecule has 0 bridgehead atoms. The molecule has 2 aromatic heterocycles. The lowest BCUT2D eigenvalue weighted by molar-refractivity contribution is 0.926. The summed E-state index contributed by atoms with van der Waals surface area (Å²) in [5, 5.41) is 0. The van der Waals surface area contributed by atoms with Crippen molar-refractivity contribution >= 4 is 40.0 Å².